The van der Waals surface area contributed by atoms with Crippen LogP contribution < -0.4 is 15.1 Å². The lowest BCUT2D eigenvalue weighted by atomic mass is 9.98. The summed E-state index contributed by atoms with van der Waals surface area (Å²) < 4.78 is 11.6. The summed E-state index contributed by atoms with van der Waals surface area (Å²) in [5.41, 5.74) is 2.17. The van der Waals surface area contributed by atoms with Crippen molar-refractivity contribution in [3.63, 3.8) is 0 Å². The molecule has 0 unspecified atom stereocenters. The molecule has 5 rings (SSSR count). The fraction of sp³-hybridized carbons (Fsp3) is 0.200. The van der Waals surface area contributed by atoms with Crippen molar-refractivity contribution in [1.29, 1.82) is 0 Å². The van der Waals surface area contributed by atoms with Gasteiger partial charge in [0.2, 0.25) is 10.9 Å². The Balaban J connectivity index is 1.71. The minimum Gasteiger partial charge on any atom is -0.490 e. The van der Waals surface area contributed by atoms with Crippen molar-refractivity contribution >= 4 is 33.3 Å². The summed E-state index contributed by atoms with van der Waals surface area (Å²) in [6, 6.07) is 12.0. The highest BCUT2D eigenvalue weighted by molar-refractivity contribution is 7.15. The van der Waals surface area contributed by atoms with Crippen LogP contribution in [-0.4, -0.2) is 22.7 Å². The second kappa shape index (κ2) is 8.29. The van der Waals surface area contributed by atoms with E-state index < -0.39 is 11.9 Å². The summed E-state index contributed by atoms with van der Waals surface area (Å²) in [7, 11) is 0. The zero-order valence-corrected chi connectivity index (χ0v) is 19.0. The Labute approximate surface area is 194 Å². The second-order valence-corrected chi connectivity index (χ2v) is 8.79. The third kappa shape index (κ3) is 3.52. The van der Waals surface area contributed by atoms with Crippen molar-refractivity contribution in [3.05, 3.63) is 92.8 Å². The summed E-state index contributed by atoms with van der Waals surface area (Å²) in [6.07, 6.45) is 2.37. The number of benzene rings is 2. The van der Waals surface area contributed by atoms with Crippen molar-refractivity contribution in [1.82, 2.24) is 10.2 Å². The van der Waals surface area contributed by atoms with Gasteiger partial charge >= 0.3 is 0 Å². The summed E-state index contributed by atoms with van der Waals surface area (Å²) >= 11 is 1.33. The van der Waals surface area contributed by atoms with Gasteiger partial charge in [-0.2, -0.15) is 0 Å². The van der Waals surface area contributed by atoms with Crippen LogP contribution in [-0.2, 0) is 6.42 Å². The van der Waals surface area contributed by atoms with Crippen LogP contribution in [0.25, 0.3) is 11.0 Å². The molecule has 2 aromatic heterocycles. The third-order valence-electron chi connectivity index (χ3n) is 5.55. The molecular weight excluding hydrogens is 438 g/mol. The summed E-state index contributed by atoms with van der Waals surface area (Å²) in [4.78, 5) is 28.7. The highest BCUT2D eigenvalue weighted by atomic mass is 32.1. The van der Waals surface area contributed by atoms with Crippen molar-refractivity contribution in [2.75, 3.05) is 11.5 Å². The zero-order valence-electron chi connectivity index (χ0n) is 18.2. The molecule has 0 spiro atoms. The lowest BCUT2D eigenvalue weighted by molar-refractivity contribution is 0.0970. The highest BCUT2D eigenvalue weighted by Crippen LogP contribution is 2.42. The Bertz CT molecular complexity index is 1440. The van der Waals surface area contributed by atoms with Gasteiger partial charge in [-0.1, -0.05) is 54.7 Å². The molecule has 3 heterocycles. The number of aryl methyl sites for hydroxylation is 2. The van der Waals surface area contributed by atoms with E-state index in [-0.39, 0.29) is 11.2 Å². The molecule has 1 aliphatic rings. The topological polar surface area (TPSA) is 85.5 Å². The molecule has 166 valence electrons. The monoisotopic (exact) mass is 459 g/mol. The predicted octanol–water partition coefficient (Wildman–Crippen LogP) is 4.83. The van der Waals surface area contributed by atoms with Gasteiger partial charge in [0, 0.05) is 0 Å². The quantitative estimate of drug-likeness (QED) is 0.384. The number of aromatic nitrogens is 2. The number of carbonyl (C=O) groups excluding carboxylic acids is 1. The van der Waals surface area contributed by atoms with E-state index >= 15 is 0 Å². The molecule has 0 fully saturated rings. The van der Waals surface area contributed by atoms with Crippen LogP contribution in [0, 0.1) is 6.92 Å². The molecule has 0 saturated heterocycles. The number of ether oxygens (including phenoxy) is 1. The average Bonchev–Trinajstić information content (AvgIpc) is 3.41. The van der Waals surface area contributed by atoms with Gasteiger partial charge in [0.1, 0.15) is 22.9 Å². The van der Waals surface area contributed by atoms with Gasteiger partial charge in [-0.15, -0.1) is 10.2 Å². The number of hydrogen-bond donors (Lipinski definition) is 0. The maximum atomic E-state index is 13.6. The lowest BCUT2D eigenvalue weighted by Gasteiger charge is -2.22. The van der Waals surface area contributed by atoms with E-state index in [0.29, 0.717) is 40.4 Å². The summed E-state index contributed by atoms with van der Waals surface area (Å²) in [6.45, 7) is 7.93. The Morgan fingerprint density at radius 1 is 1.18 bits per heavy atom. The van der Waals surface area contributed by atoms with E-state index in [1.165, 1.54) is 16.2 Å². The molecule has 0 radical (unpaired) electrons. The molecule has 1 atom stereocenters. The van der Waals surface area contributed by atoms with Crippen LogP contribution in [0.4, 0.5) is 5.13 Å². The van der Waals surface area contributed by atoms with E-state index in [0.717, 1.165) is 16.1 Å². The van der Waals surface area contributed by atoms with Crippen LogP contribution in [0.1, 0.15) is 45.2 Å². The molecule has 1 aliphatic heterocycles. The molecule has 33 heavy (non-hydrogen) atoms. The molecule has 2 aromatic carbocycles. The Morgan fingerprint density at radius 3 is 2.67 bits per heavy atom. The molecular formula is C25H21N3O4S. The molecule has 0 saturated carbocycles. The maximum absolute atomic E-state index is 13.6. The van der Waals surface area contributed by atoms with Crippen LogP contribution in [0.2, 0.25) is 0 Å². The van der Waals surface area contributed by atoms with Gasteiger partial charge in [0.05, 0.1) is 17.0 Å². The van der Waals surface area contributed by atoms with Gasteiger partial charge in [0.15, 0.2) is 5.43 Å². The number of hydrogen-bond acceptors (Lipinski definition) is 7. The van der Waals surface area contributed by atoms with E-state index in [1.54, 1.807) is 18.2 Å². The number of carbonyl (C=O) groups is 1. The molecule has 0 bridgehead atoms. The minimum absolute atomic E-state index is 0.0431. The first-order valence-electron chi connectivity index (χ1n) is 10.6. The van der Waals surface area contributed by atoms with Gasteiger partial charge in [-0.3, -0.25) is 14.5 Å². The smallest absolute Gasteiger partial charge is 0.297 e. The van der Waals surface area contributed by atoms with Crippen LogP contribution in [0.3, 0.4) is 0 Å². The lowest BCUT2D eigenvalue weighted by Crippen LogP contribution is -2.29. The van der Waals surface area contributed by atoms with E-state index in [2.05, 4.69) is 16.8 Å². The van der Waals surface area contributed by atoms with Gasteiger partial charge in [-0.25, -0.2) is 0 Å². The van der Waals surface area contributed by atoms with Gasteiger partial charge in [0.25, 0.3) is 5.91 Å². The van der Waals surface area contributed by atoms with Crippen molar-refractivity contribution in [2.45, 2.75) is 26.3 Å². The molecule has 4 aromatic rings. The second-order valence-electron chi connectivity index (χ2n) is 7.75. The fourth-order valence-corrected chi connectivity index (χ4v) is 4.79. The summed E-state index contributed by atoms with van der Waals surface area (Å²) in [5, 5.41) is 10.1. The number of fused-ring (bicyclic) bond motifs is 2. The third-order valence-corrected chi connectivity index (χ3v) is 6.62. The van der Waals surface area contributed by atoms with Crippen molar-refractivity contribution in [2.24, 2.45) is 0 Å². The number of amides is 1. The largest absolute Gasteiger partial charge is 0.490 e. The van der Waals surface area contributed by atoms with Gasteiger partial charge < -0.3 is 9.15 Å². The van der Waals surface area contributed by atoms with E-state index in [9.17, 15) is 9.59 Å². The molecule has 7 nitrogen and oxygen atoms in total. The highest BCUT2D eigenvalue weighted by Gasteiger charge is 2.45. The average molecular weight is 460 g/mol. The van der Waals surface area contributed by atoms with Gasteiger partial charge in [-0.05, 0) is 43.2 Å². The fourth-order valence-electron chi connectivity index (χ4n) is 3.99. The molecule has 0 N–H and O–H groups in total. The maximum Gasteiger partial charge on any atom is 0.297 e. The first-order valence-corrected chi connectivity index (χ1v) is 11.4. The normalized spacial score (nSPS) is 15.2. The first kappa shape index (κ1) is 21.1. The number of nitrogens with zero attached hydrogens (tertiary/aromatic N) is 3. The zero-order chi connectivity index (χ0) is 23.1. The standard InChI is InChI=1S/C25H21N3O4S/c1-4-12-31-16-9-7-15(8-10-16)21-20-22(29)17-13-14(3)6-11-18(17)32-23(20)24(30)28(21)25-27-26-19(5-2)33-25/h4,6-11,13,21H,1,5,12H2,2-3H3/t21-/m1/s1. The number of rotatable bonds is 6. The Morgan fingerprint density at radius 2 is 1.97 bits per heavy atom. The van der Waals surface area contributed by atoms with Crippen molar-refractivity contribution in [3.8, 4) is 5.75 Å². The van der Waals surface area contributed by atoms with Crippen LogP contribution >= 0.6 is 11.3 Å². The molecule has 0 aliphatic carbocycles. The first-order chi connectivity index (χ1) is 16.0. The Kier molecular flexibility index (Phi) is 5.30. The SMILES string of the molecule is C=CCOc1ccc([C@@H]2c3c(oc4ccc(C)cc4c3=O)C(=O)N2c2nnc(CC)s2)cc1. The number of anilines is 1. The van der Waals surface area contributed by atoms with Crippen LogP contribution in [0.15, 0.2) is 64.3 Å². The molecule has 8 heteroatoms. The predicted molar refractivity (Wildman–Crippen MR) is 127 cm³/mol. The van der Waals surface area contributed by atoms with Crippen molar-refractivity contribution < 1.29 is 13.9 Å². The molecule has 1 amide bonds. The van der Waals surface area contributed by atoms with E-state index in [4.69, 9.17) is 9.15 Å². The van der Waals surface area contributed by atoms with E-state index in [1.807, 2.05) is 44.2 Å². The summed E-state index contributed by atoms with van der Waals surface area (Å²) in [5.74, 6) is 0.307. The minimum atomic E-state index is -0.681. The van der Waals surface area contributed by atoms with Crippen LogP contribution in [0.5, 0.6) is 5.75 Å². The Hall–Kier alpha value is -3.78.